The highest BCUT2D eigenvalue weighted by Gasteiger charge is 2.16. The van der Waals surface area contributed by atoms with Crippen molar-refractivity contribution >= 4 is 22.9 Å². The lowest BCUT2D eigenvalue weighted by Gasteiger charge is -2.08. The molecule has 0 saturated heterocycles. The third-order valence-corrected chi connectivity index (χ3v) is 4.42. The van der Waals surface area contributed by atoms with E-state index in [1.165, 1.54) is 16.4 Å². The fourth-order valence-electron chi connectivity index (χ4n) is 1.74. The lowest BCUT2D eigenvalue weighted by Crippen LogP contribution is -2.00. The SMILES string of the molecule is CCCc1nnsc1C(O)CCc1cccs1. The highest BCUT2D eigenvalue weighted by Crippen LogP contribution is 2.26. The number of aryl methyl sites for hydroxylation is 2. The van der Waals surface area contributed by atoms with Crippen LogP contribution in [-0.4, -0.2) is 14.7 Å². The van der Waals surface area contributed by atoms with Crippen LogP contribution in [0.5, 0.6) is 0 Å². The van der Waals surface area contributed by atoms with E-state index in [0.717, 1.165) is 36.3 Å². The second-order valence-corrected chi connectivity index (χ2v) is 5.79. The Morgan fingerprint density at radius 2 is 2.29 bits per heavy atom. The zero-order chi connectivity index (χ0) is 12.1. The average Bonchev–Trinajstić information content (AvgIpc) is 2.97. The molecule has 5 heteroatoms. The molecule has 0 fully saturated rings. The first-order chi connectivity index (χ1) is 8.31. The molecule has 1 N–H and O–H groups in total. The van der Waals surface area contributed by atoms with E-state index >= 15 is 0 Å². The van der Waals surface area contributed by atoms with Gasteiger partial charge in [-0.05, 0) is 42.2 Å². The van der Waals surface area contributed by atoms with Crippen molar-refractivity contribution in [2.75, 3.05) is 0 Å². The summed E-state index contributed by atoms with van der Waals surface area (Å²) in [6, 6.07) is 4.15. The van der Waals surface area contributed by atoms with Crippen molar-refractivity contribution in [1.29, 1.82) is 0 Å². The summed E-state index contributed by atoms with van der Waals surface area (Å²) >= 11 is 3.06. The molecule has 0 aliphatic heterocycles. The third-order valence-electron chi connectivity index (χ3n) is 2.62. The van der Waals surface area contributed by atoms with Gasteiger partial charge in [0.05, 0.1) is 16.7 Å². The summed E-state index contributed by atoms with van der Waals surface area (Å²) in [6.07, 6.45) is 3.19. The molecule has 0 amide bonds. The van der Waals surface area contributed by atoms with Gasteiger partial charge in [-0.2, -0.15) is 0 Å². The molecule has 0 bridgehead atoms. The van der Waals surface area contributed by atoms with Crippen LogP contribution in [0.15, 0.2) is 17.5 Å². The Kier molecular flexibility index (Phi) is 4.65. The van der Waals surface area contributed by atoms with E-state index in [-0.39, 0.29) is 0 Å². The van der Waals surface area contributed by atoms with Crippen LogP contribution in [0.25, 0.3) is 0 Å². The Morgan fingerprint density at radius 3 is 3.00 bits per heavy atom. The van der Waals surface area contributed by atoms with Crippen LogP contribution in [0.4, 0.5) is 0 Å². The van der Waals surface area contributed by atoms with Gasteiger partial charge in [0.2, 0.25) is 0 Å². The minimum Gasteiger partial charge on any atom is -0.387 e. The number of aliphatic hydroxyl groups is 1. The smallest absolute Gasteiger partial charge is 0.0920 e. The second kappa shape index (κ2) is 6.23. The minimum absolute atomic E-state index is 0.418. The Balaban J connectivity index is 1.94. The maximum Gasteiger partial charge on any atom is 0.0920 e. The van der Waals surface area contributed by atoms with Gasteiger partial charge in [0.1, 0.15) is 0 Å². The van der Waals surface area contributed by atoms with Crippen molar-refractivity contribution < 1.29 is 5.11 Å². The molecule has 2 aromatic heterocycles. The molecule has 0 aliphatic carbocycles. The molecule has 3 nitrogen and oxygen atoms in total. The van der Waals surface area contributed by atoms with E-state index in [1.807, 2.05) is 6.07 Å². The van der Waals surface area contributed by atoms with Crippen LogP contribution in [0.1, 0.15) is 41.3 Å². The Hall–Kier alpha value is -0.780. The van der Waals surface area contributed by atoms with Crippen LogP contribution in [0, 0.1) is 0 Å². The van der Waals surface area contributed by atoms with Gasteiger partial charge in [-0.25, -0.2) is 0 Å². The predicted octanol–water partition coefficient (Wildman–Crippen LogP) is 3.22. The number of thiophene rings is 1. The van der Waals surface area contributed by atoms with Crippen molar-refractivity contribution in [3.63, 3.8) is 0 Å². The molecular weight excluding hydrogens is 252 g/mol. The molecule has 0 spiro atoms. The van der Waals surface area contributed by atoms with Gasteiger partial charge in [-0.1, -0.05) is 23.9 Å². The summed E-state index contributed by atoms with van der Waals surface area (Å²) in [4.78, 5) is 2.27. The van der Waals surface area contributed by atoms with Crippen molar-refractivity contribution in [3.8, 4) is 0 Å². The molecule has 17 heavy (non-hydrogen) atoms. The number of hydrogen-bond acceptors (Lipinski definition) is 5. The molecule has 1 unspecified atom stereocenters. The summed E-state index contributed by atoms with van der Waals surface area (Å²) in [5, 5.41) is 16.3. The van der Waals surface area contributed by atoms with Gasteiger partial charge in [0, 0.05) is 4.88 Å². The van der Waals surface area contributed by atoms with E-state index in [1.54, 1.807) is 11.3 Å². The van der Waals surface area contributed by atoms with Crippen LogP contribution < -0.4 is 0 Å². The summed E-state index contributed by atoms with van der Waals surface area (Å²) in [5.41, 5.74) is 0.969. The molecule has 2 heterocycles. The Morgan fingerprint density at radius 1 is 1.41 bits per heavy atom. The normalized spacial score (nSPS) is 12.8. The number of rotatable bonds is 6. The van der Waals surface area contributed by atoms with Gasteiger partial charge in [-0.3, -0.25) is 0 Å². The molecular formula is C12H16N2OS2. The van der Waals surface area contributed by atoms with E-state index in [0.29, 0.717) is 0 Å². The molecule has 1 atom stereocenters. The van der Waals surface area contributed by atoms with Crippen molar-refractivity contribution in [2.45, 2.75) is 38.7 Å². The molecule has 2 rings (SSSR count). The van der Waals surface area contributed by atoms with Gasteiger partial charge in [-0.15, -0.1) is 16.4 Å². The second-order valence-electron chi connectivity index (χ2n) is 3.97. The monoisotopic (exact) mass is 268 g/mol. The predicted molar refractivity (Wildman–Crippen MR) is 71.5 cm³/mol. The summed E-state index contributed by atoms with van der Waals surface area (Å²) in [7, 11) is 0. The molecule has 2 aromatic rings. The molecule has 0 aromatic carbocycles. The van der Waals surface area contributed by atoms with E-state index in [4.69, 9.17) is 0 Å². The number of aliphatic hydroxyl groups excluding tert-OH is 1. The largest absolute Gasteiger partial charge is 0.387 e. The molecule has 0 radical (unpaired) electrons. The highest BCUT2D eigenvalue weighted by atomic mass is 32.1. The van der Waals surface area contributed by atoms with Crippen molar-refractivity contribution in [2.24, 2.45) is 0 Å². The maximum absolute atomic E-state index is 10.2. The van der Waals surface area contributed by atoms with E-state index < -0.39 is 6.10 Å². The summed E-state index contributed by atoms with van der Waals surface area (Å²) in [5.74, 6) is 0. The topological polar surface area (TPSA) is 46.0 Å². The molecule has 0 aliphatic rings. The lowest BCUT2D eigenvalue weighted by atomic mass is 10.1. The maximum atomic E-state index is 10.2. The summed E-state index contributed by atoms with van der Waals surface area (Å²) in [6.45, 7) is 2.11. The van der Waals surface area contributed by atoms with Crippen molar-refractivity contribution in [1.82, 2.24) is 9.59 Å². The molecule has 92 valence electrons. The Labute approximate surface area is 109 Å². The van der Waals surface area contributed by atoms with Crippen LogP contribution in [0.3, 0.4) is 0 Å². The zero-order valence-electron chi connectivity index (χ0n) is 9.80. The van der Waals surface area contributed by atoms with Crippen molar-refractivity contribution in [3.05, 3.63) is 33.0 Å². The first-order valence-corrected chi connectivity index (χ1v) is 7.48. The van der Waals surface area contributed by atoms with E-state index in [2.05, 4.69) is 28.0 Å². The van der Waals surface area contributed by atoms with Gasteiger partial charge >= 0.3 is 0 Å². The van der Waals surface area contributed by atoms with Crippen LogP contribution >= 0.6 is 22.9 Å². The quantitative estimate of drug-likeness (QED) is 0.875. The lowest BCUT2D eigenvalue weighted by molar-refractivity contribution is 0.170. The van der Waals surface area contributed by atoms with Crippen LogP contribution in [-0.2, 0) is 12.8 Å². The fourth-order valence-corrected chi connectivity index (χ4v) is 3.18. The summed E-state index contributed by atoms with van der Waals surface area (Å²) < 4.78 is 3.94. The first kappa shape index (κ1) is 12.7. The first-order valence-electron chi connectivity index (χ1n) is 5.82. The third kappa shape index (κ3) is 3.34. The van der Waals surface area contributed by atoms with Gasteiger partial charge < -0.3 is 5.11 Å². The number of hydrogen-bond donors (Lipinski definition) is 1. The average molecular weight is 268 g/mol. The molecule has 0 saturated carbocycles. The number of aromatic nitrogens is 2. The zero-order valence-corrected chi connectivity index (χ0v) is 11.4. The minimum atomic E-state index is -0.418. The standard InChI is InChI=1S/C12H16N2OS2/c1-2-4-10-12(17-14-13-10)11(15)7-6-9-5-3-8-16-9/h3,5,8,11,15H,2,4,6-7H2,1H3. The Bertz CT molecular complexity index is 439. The fraction of sp³-hybridized carbons (Fsp3) is 0.500. The van der Waals surface area contributed by atoms with Gasteiger partial charge in [0.15, 0.2) is 0 Å². The van der Waals surface area contributed by atoms with Gasteiger partial charge in [0.25, 0.3) is 0 Å². The van der Waals surface area contributed by atoms with Crippen LogP contribution in [0.2, 0.25) is 0 Å². The highest BCUT2D eigenvalue weighted by molar-refractivity contribution is 7.09. The number of nitrogens with zero attached hydrogens (tertiary/aromatic N) is 2. The van der Waals surface area contributed by atoms with E-state index in [9.17, 15) is 5.11 Å².